The summed E-state index contributed by atoms with van der Waals surface area (Å²) in [6, 6.07) is 33.2. The van der Waals surface area contributed by atoms with Crippen molar-refractivity contribution in [1.82, 2.24) is 4.90 Å². The van der Waals surface area contributed by atoms with Crippen molar-refractivity contribution in [3.05, 3.63) is 108 Å². The minimum atomic E-state index is -0.370. The SMILES string of the molecule is CC1=NO[C@@H]([C@@H]2CCCN2C(c2ccccc2)(c2ccccc2)c2ccccc2)C1. The Balaban J connectivity index is 1.74. The molecular formula is C27H28N2O. The van der Waals surface area contributed by atoms with Crippen LogP contribution >= 0.6 is 0 Å². The summed E-state index contributed by atoms with van der Waals surface area (Å²) in [6.45, 7) is 3.10. The van der Waals surface area contributed by atoms with E-state index in [2.05, 4.69) is 108 Å². The molecule has 3 aromatic carbocycles. The van der Waals surface area contributed by atoms with Crippen molar-refractivity contribution in [2.75, 3.05) is 6.54 Å². The molecule has 0 saturated carbocycles. The molecule has 0 amide bonds. The van der Waals surface area contributed by atoms with Gasteiger partial charge in [0.2, 0.25) is 0 Å². The molecule has 2 aliphatic heterocycles. The summed E-state index contributed by atoms with van der Waals surface area (Å²) in [5.41, 5.74) is 4.61. The molecule has 3 heteroatoms. The first-order valence-corrected chi connectivity index (χ1v) is 10.9. The summed E-state index contributed by atoms with van der Waals surface area (Å²) in [7, 11) is 0. The maximum Gasteiger partial charge on any atom is 0.148 e. The Morgan fingerprint density at radius 3 is 1.73 bits per heavy atom. The predicted octanol–water partition coefficient (Wildman–Crippen LogP) is 5.61. The van der Waals surface area contributed by atoms with Gasteiger partial charge in [-0.2, -0.15) is 0 Å². The first kappa shape index (κ1) is 19.1. The van der Waals surface area contributed by atoms with E-state index in [1.807, 2.05) is 0 Å². The molecular weight excluding hydrogens is 368 g/mol. The molecule has 5 rings (SSSR count). The smallest absolute Gasteiger partial charge is 0.148 e. The number of hydrogen-bond donors (Lipinski definition) is 0. The number of rotatable bonds is 5. The second kappa shape index (κ2) is 8.08. The van der Waals surface area contributed by atoms with Gasteiger partial charge in [0.25, 0.3) is 0 Å². The summed E-state index contributed by atoms with van der Waals surface area (Å²) in [4.78, 5) is 8.61. The molecule has 0 aromatic heterocycles. The molecule has 2 aliphatic rings. The van der Waals surface area contributed by atoms with Crippen molar-refractivity contribution in [3.63, 3.8) is 0 Å². The zero-order valence-corrected chi connectivity index (χ0v) is 17.4. The highest BCUT2D eigenvalue weighted by molar-refractivity contribution is 5.82. The molecule has 3 nitrogen and oxygen atoms in total. The fourth-order valence-electron chi connectivity index (χ4n) is 5.36. The van der Waals surface area contributed by atoms with E-state index in [0.717, 1.165) is 31.5 Å². The van der Waals surface area contributed by atoms with E-state index in [-0.39, 0.29) is 11.6 Å². The minimum Gasteiger partial charge on any atom is -0.390 e. The van der Waals surface area contributed by atoms with Crippen LogP contribution in [0.1, 0.15) is 42.9 Å². The minimum absolute atomic E-state index is 0.114. The molecule has 0 N–H and O–H groups in total. The average Bonchev–Trinajstić information content (AvgIpc) is 3.46. The van der Waals surface area contributed by atoms with Gasteiger partial charge in [-0.1, -0.05) is 96.2 Å². The molecule has 1 saturated heterocycles. The summed E-state index contributed by atoms with van der Waals surface area (Å²) in [5.74, 6) is 0. The molecule has 0 bridgehead atoms. The van der Waals surface area contributed by atoms with Crippen molar-refractivity contribution in [2.45, 2.75) is 43.9 Å². The molecule has 152 valence electrons. The first-order valence-electron chi connectivity index (χ1n) is 10.9. The largest absolute Gasteiger partial charge is 0.390 e. The van der Waals surface area contributed by atoms with Gasteiger partial charge in [-0.3, -0.25) is 4.90 Å². The van der Waals surface area contributed by atoms with E-state index in [9.17, 15) is 0 Å². The Morgan fingerprint density at radius 2 is 1.30 bits per heavy atom. The lowest BCUT2D eigenvalue weighted by molar-refractivity contribution is -0.00194. The molecule has 30 heavy (non-hydrogen) atoms. The quantitative estimate of drug-likeness (QED) is 0.524. The van der Waals surface area contributed by atoms with Gasteiger partial charge < -0.3 is 4.84 Å². The third-order valence-electron chi connectivity index (χ3n) is 6.57. The Labute approximate surface area is 179 Å². The van der Waals surface area contributed by atoms with Gasteiger partial charge in [0, 0.05) is 13.0 Å². The van der Waals surface area contributed by atoms with Gasteiger partial charge in [-0.25, -0.2) is 0 Å². The zero-order chi connectivity index (χ0) is 20.4. The average molecular weight is 397 g/mol. The third-order valence-corrected chi connectivity index (χ3v) is 6.57. The highest BCUT2D eigenvalue weighted by atomic mass is 16.6. The van der Waals surface area contributed by atoms with Crippen molar-refractivity contribution >= 4 is 5.71 Å². The maximum absolute atomic E-state index is 5.93. The standard InChI is InChI=1S/C27H28N2O/c1-21-20-26(30-28-21)25-18-11-19-29(25)27(22-12-5-2-6-13-22,23-14-7-3-8-15-23)24-16-9-4-10-17-24/h2-10,12-17,25-26H,11,18-20H2,1H3/t25-,26+/m0/s1. The van der Waals surface area contributed by atoms with Gasteiger partial charge in [0.05, 0.1) is 17.3 Å². The second-order valence-electron chi connectivity index (χ2n) is 8.39. The Kier molecular flexibility index (Phi) is 5.14. The highest BCUT2D eigenvalue weighted by Crippen LogP contribution is 2.47. The van der Waals surface area contributed by atoms with Crippen LogP contribution in [0.5, 0.6) is 0 Å². The van der Waals surface area contributed by atoms with Crippen molar-refractivity contribution < 1.29 is 4.84 Å². The lowest BCUT2D eigenvalue weighted by Gasteiger charge is -2.47. The van der Waals surface area contributed by atoms with Crippen LogP contribution in [-0.2, 0) is 10.4 Å². The van der Waals surface area contributed by atoms with Gasteiger partial charge >= 0.3 is 0 Å². The van der Waals surface area contributed by atoms with E-state index in [4.69, 9.17) is 4.84 Å². The van der Waals surface area contributed by atoms with Crippen LogP contribution < -0.4 is 0 Å². The molecule has 2 heterocycles. The highest BCUT2D eigenvalue weighted by Gasteiger charge is 2.49. The predicted molar refractivity (Wildman–Crippen MR) is 122 cm³/mol. The molecule has 0 unspecified atom stereocenters. The molecule has 0 aliphatic carbocycles. The number of nitrogens with zero attached hydrogens (tertiary/aromatic N) is 2. The number of likely N-dealkylation sites (tertiary alicyclic amines) is 1. The van der Waals surface area contributed by atoms with Crippen LogP contribution in [0.3, 0.4) is 0 Å². The van der Waals surface area contributed by atoms with Gasteiger partial charge in [-0.05, 0) is 36.5 Å². The Bertz CT molecular complexity index is 904. The fraction of sp³-hybridized carbons (Fsp3) is 0.296. The van der Waals surface area contributed by atoms with Crippen LogP contribution in [0.15, 0.2) is 96.2 Å². The van der Waals surface area contributed by atoms with Crippen LogP contribution in [0.25, 0.3) is 0 Å². The molecule has 1 fully saturated rings. The van der Waals surface area contributed by atoms with Gasteiger partial charge in [0.15, 0.2) is 0 Å². The fourth-order valence-corrected chi connectivity index (χ4v) is 5.36. The Morgan fingerprint density at radius 1 is 0.800 bits per heavy atom. The third kappa shape index (κ3) is 3.14. The molecule has 0 spiro atoms. The zero-order valence-electron chi connectivity index (χ0n) is 17.4. The van der Waals surface area contributed by atoms with E-state index in [1.54, 1.807) is 0 Å². The van der Waals surface area contributed by atoms with Gasteiger partial charge in [-0.15, -0.1) is 0 Å². The number of hydrogen-bond acceptors (Lipinski definition) is 3. The maximum atomic E-state index is 5.93. The van der Waals surface area contributed by atoms with Crippen LogP contribution in [0.2, 0.25) is 0 Å². The van der Waals surface area contributed by atoms with Crippen molar-refractivity contribution in [3.8, 4) is 0 Å². The molecule has 3 aromatic rings. The van der Waals surface area contributed by atoms with E-state index >= 15 is 0 Å². The van der Waals surface area contributed by atoms with E-state index in [1.165, 1.54) is 16.7 Å². The lowest BCUT2D eigenvalue weighted by Crippen LogP contribution is -2.53. The monoisotopic (exact) mass is 396 g/mol. The first-order chi connectivity index (χ1) is 14.8. The van der Waals surface area contributed by atoms with Crippen molar-refractivity contribution in [1.29, 1.82) is 0 Å². The topological polar surface area (TPSA) is 24.8 Å². The van der Waals surface area contributed by atoms with Crippen LogP contribution in [0, 0.1) is 0 Å². The summed E-state index contributed by atoms with van der Waals surface area (Å²) in [5, 5.41) is 4.29. The molecule has 0 radical (unpaired) electrons. The lowest BCUT2D eigenvalue weighted by atomic mass is 9.75. The van der Waals surface area contributed by atoms with Crippen LogP contribution in [-0.4, -0.2) is 29.3 Å². The van der Waals surface area contributed by atoms with E-state index < -0.39 is 0 Å². The van der Waals surface area contributed by atoms with Crippen LogP contribution in [0.4, 0.5) is 0 Å². The van der Waals surface area contributed by atoms with Gasteiger partial charge in [0.1, 0.15) is 6.10 Å². The number of oxime groups is 1. The normalized spacial score (nSPS) is 22.0. The van der Waals surface area contributed by atoms with E-state index in [0.29, 0.717) is 6.04 Å². The summed E-state index contributed by atoms with van der Waals surface area (Å²) < 4.78 is 0. The Hall–Kier alpha value is -2.91. The summed E-state index contributed by atoms with van der Waals surface area (Å²) >= 11 is 0. The summed E-state index contributed by atoms with van der Waals surface area (Å²) in [6.07, 6.45) is 3.32. The number of benzene rings is 3. The van der Waals surface area contributed by atoms with Crippen molar-refractivity contribution in [2.24, 2.45) is 5.16 Å². The molecule has 2 atom stereocenters. The second-order valence-corrected chi connectivity index (χ2v) is 8.39.